The van der Waals surface area contributed by atoms with Crippen LogP contribution in [0.2, 0.25) is 0 Å². The van der Waals surface area contributed by atoms with E-state index < -0.39 is 0 Å². The molecule has 0 unspecified atom stereocenters. The number of aryl methyl sites for hydroxylation is 1. The normalized spacial score (nSPS) is 11.0. The van der Waals surface area contributed by atoms with Crippen molar-refractivity contribution in [3.8, 4) is 11.5 Å². The largest absolute Gasteiger partial charge is 0.493 e. The molecular formula is C20H28N2O4. The fourth-order valence-electron chi connectivity index (χ4n) is 3.11. The van der Waals surface area contributed by atoms with Gasteiger partial charge in [0, 0.05) is 30.7 Å². The second kappa shape index (κ2) is 8.25. The minimum Gasteiger partial charge on any atom is -0.493 e. The standard InChI is InChI=1S/C20H28N2O4/c1-7-9-22(13(3)4)20(24)16-12-21(8-2)19(23)15-11-18(26-6)17(25-5)10-14(15)16/h10-13H,7-9H2,1-6H3. The molecule has 0 radical (unpaired) electrons. The van der Waals surface area contributed by atoms with E-state index >= 15 is 0 Å². The van der Waals surface area contributed by atoms with E-state index in [0.717, 1.165) is 6.42 Å². The van der Waals surface area contributed by atoms with E-state index in [9.17, 15) is 9.59 Å². The molecular weight excluding hydrogens is 332 g/mol. The Bertz CT molecular complexity index is 855. The van der Waals surface area contributed by atoms with Gasteiger partial charge in [-0.3, -0.25) is 9.59 Å². The molecule has 1 aromatic heterocycles. The van der Waals surface area contributed by atoms with Crippen molar-refractivity contribution in [2.75, 3.05) is 20.8 Å². The lowest BCUT2D eigenvalue weighted by molar-refractivity contribution is 0.0707. The van der Waals surface area contributed by atoms with Gasteiger partial charge in [-0.1, -0.05) is 6.92 Å². The first-order chi connectivity index (χ1) is 12.4. The summed E-state index contributed by atoms with van der Waals surface area (Å²) in [6.45, 7) is 9.07. The summed E-state index contributed by atoms with van der Waals surface area (Å²) < 4.78 is 12.3. The topological polar surface area (TPSA) is 60.8 Å². The SMILES string of the molecule is CCCN(C(=O)c1cn(CC)c(=O)c2cc(OC)c(OC)cc12)C(C)C. The highest BCUT2D eigenvalue weighted by Gasteiger charge is 2.23. The maximum absolute atomic E-state index is 13.3. The number of carbonyl (C=O) groups excluding carboxylic acids is 1. The van der Waals surface area contributed by atoms with Gasteiger partial charge >= 0.3 is 0 Å². The third-order valence-corrected chi connectivity index (χ3v) is 4.51. The summed E-state index contributed by atoms with van der Waals surface area (Å²) in [6.07, 6.45) is 2.52. The predicted octanol–water partition coefficient (Wildman–Crippen LogP) is 3.30. The number of hydrogen-bond donors (Lipinski definition) is 0. The van der Waals surface area contributed by atoms with Gasteiger partial charge in [0.2, 0.25) is 0 Å². The van der Waals surface area contributed by atoms with Crippen molar-refractivity contribution in [1.82, 2.24) is 9.47 Å². The zero-order valence-electron chi connectivity index (χ0n) is 16.5. The highest BCUT2D eigenvalue weighted by molar-refractivity contribution is 6.07. The van der Waals surface area contributed by atoms with Crippen LogP contribution in [0.25, 0.3) is 10.8 Å². The molecule has 2 aromatic rings. The first kappa shape index (κ1) is 19.8. The van der Waals surface area contributed by atoms with E-state index in [0.29, 0.717) is 40.9 Å². The van der Waals surface area contributed by atoms with E-state index in [2.05, 4.69) is 0 Å². The molecule has 6 heteroatoms. The van der Waals surface area contributed by atoms with E-state index in [-0.39, 0.29) is 17.5 Å². The minimum absolute atomic E-state index is 0.0691. The molecule has 1 aromatic carbocycles. The van der Waals surface area contributed by atoms with E-state index in [4.69, 9.17) is 9.47 Å². The smallest absolute Gasteiger partial charge is 0.258 e. The van der Waals surface area contributed by atoms with Crippen LogP contribution in [0.1, 0.15) is 44.5 Å². The van der Waals surface area contributed by atoms with Gasteiger partial charge in [0.05, 0.1) is 25.2 Å². The zero-order valence-corrected chi connectivity index (χ0v) is 16.5. The number of ether oxygens (including phenoxy) is 2. The Morgan fingerprint density at radius 2 is 1.69 bits per heavy atom. The van der Waals surface area contributed by atoms with Crippen molar-refractivity contribution in [2.24, 2.45) is 0 Å². The number of fused-ring (bicyclic) bond motifs is 1. The molecule has 6 nitrogen and oxygen atoms in total. The number of amides is 1. The molecule has 0 atom stereocenters. The van der Waals surface area contributed by atoms with Gasteiger partial charge in [-0.05, 0) is 39.3 Å². The molecule has 1 heterocycles. The Morgan fingerprint density at radius 1 is 1.12 bits per heavy atom. The molecule has 0 bridgehead atoms. The Hall–Kier alpha value is -2.50. The molecule has 0 aliphatic heterocycles. The zero-order chi connectivity index (χ0) is 19.4. The quantitative estimate of drug-likeness (QED) is 0.760. The van der Waals surface area contributed by atoms with Crippen LogP contribution in [0.15, 0.2) is 23.1 Å². The Balaban J connectivity index is 2.81. The first-order valence-corrected chi connectivity index (χ1v) is 8.99. The van der Waals surface area contributed by atoms with Crippen molar-refractivity contribution < 1.29 is 14.3 Å². The number of methoxy groups -OCH3 is 2. The van der Waals surface area contributed by atoms with Crippen LogP contribution in [0, 0.1) is 0 Å². The summed E-state index contributed by atoms with van der Waals surface area (Å²) in [5, 5.41) is 1.04. The summed E-state index contributed by atoms with van der Waals surface area (Å²) in [4.78, 5) is 27.9. The summed E-state index contributed by atoms with van der Waals surface area (Å²) in [5.41, 5.74) is 0.358. The number of pyridine rings is 1. The van der Waals surface area contributed by atoms with Gasteiger partial charge in [-0.2, -0.15) is 0 Å². The first-order valence-electron chi connectivity index (χ1n) is 8.99. The number of carbonyl (C=O) groups is 1. The number of hydrogen-bond acceptors (Lipinski definition) is 4. The average Bonchev–Trinajstić information content (AvgIpc) is 2.64. The van der Waals surface area contributed by atoms with Crippen molar-refractivity contribution in [1.29, 1.82) is 0 Å². The van der Waals surface area contributed by atoms with Gasteiger partial charge in [0.15, 0.2) is 11.5 Å². The highest BCUT2D eigenvalue weighted by atomic mass is 16.5. The fourth-order valence-corrected chi connectivity index (χ4v) is 3.11. The van der Waals surface area contributed by atoms with Gasteiger partial charge in [0.1, 0.15) is 0 Å². The third-order valence-electron chi connectivity index (χ3n) is 4.51. The molecule has 0 saturated carbocycles. The van der Waals surface area contributed by atoms with Crippen molar-refractivity contribution in [3.63, 3.8) is 0 Å². The number of benzene rings is 1. The molecule has 0 N–H and O–H groups in total. The Kier molecular flexibility index (Phi) is 6.29. The maximum atomic E-state index is 13.3. The Labute approximate surface area is 154 Å². The molecule has 0 aliphatic carbocycles. The molecule has 2 rings (SSSR count). The lowest BCUT2D eigenvalue weighted by Gasteiger charge is -2.27. The maximum Gasteiger partial charge on any atom is 0.258 e. The monoisotopic (exact) mass is 360 g/mol. The summed E-state index contributed by atoms with van der Waals surface area (Å²) in [5.74, 6) is 0.884. The van der Waals surface area contributed by atoms with Crippen LogP contribution in [0.3, 0.4) is 0 Å². The highest BCUT2D eigenvalue weighted by Crippen LogP contribution is 2.32. The third kappa shape index (κ3) is 3.54. The van der Waals surface area contributed by atoms with Crippen LogP contribution in [0.4, 0.5) is 0 Å². The average molecular weight is 360 g/mol. The van der Waals surface area contributed by atoms with E-state index in [1.165, 1.54) is 14.2 Å². The molecule has 0 saturated heterocycles. The van der Waals surface area contributed by atoms with E-state index in [1.54, 1.807) is 22.9 Å². The van der Waals surface area contributed by atoms with Crippen LogP contribution >= 0.6 is 0 Å². The molecule has 0 fully saturated rings. The van der Waals surface area contributed by atoms with Crippen molar-refractivity contribution in [2.45, 2.75) is 46.7 Å². The molecule has 1 amide bonds. The number of aromatic nitrogens is 1. The predicted molar refractivity (Wildman–Crippen MR) is 103 cm³/mol. The molecule has 142 valence electrons. The number of nitrogens with zero attached hydrogens (tertiary/aromatic N) is 2. The van der Waals surface area contributed by atoms with Crippen LogP contribution < -0.4 is 15.0 Å². The van der Waals surface area contributed by atoms with Crippen LogP contribution in [0.5, 0.6) is 11.5 Å². The molecule has 26 heavy (non-hydrogen) atoms. The molecule has 0 aliphatic rings. The second-order valence-corrected chi connectivity index (χ2v) is 6.48. The molecule has 0 spiro atoms. The van der Waals surface area contributed by atoms with Crippen LogP contribution in [-0.4, -0.2) is 42.2 Å². The van der Waals surface area contributed by atoms with Gasteiger partial charge in [0.25, 0.3) is 11.5 Å². The number of rotatable bonds is 7. The van der Waals surface area contributed by atoms with Crippen molar-refractivity contribution in [3.05, 3.63) is 34.2 Å². The van der Waals surface area contributed by atoms with Crippen molar-refractivity contribution >= 4 is 16.7 Å². The van der Waals surface area contributed by atoms with E-state index in [1.807, 2.05) is 32.6 Å². The fraction of sp³-hybridized carbons (Fsp3) is 0.500. The van der Waals surface area contributed by atoms with Crippen LogP contribution in [-0.2, 0) is 6.54 Å². The second-order valence-electron chi connectivity index (χ2n) is 6.48. The summed E-state index contributed by atoms with van der Waals surface area (Å²) >= 11 is 0. The lowest BCUT2D eigenvalue weighted by atomic mass is 10.0. The minimum atomic E-state index is -0.147. The lowest BCUT2D eigenvalue weighted by Crippen LogP contribution is -2.38. The van der Waals surface area contributed by atoms with Gasteiger partial charge in [-0.15, -0.1) is 0 Å². The van der Waals surface area contributed by atoms with Gasteiger partial charge in [-0.25, -0.2) is 0 Å². The summed E-state index contributed by atoms with van der Waals surface area (Å²) in [7, 11) is 3.06. The van der Waals surface area contributed by atoms with Gasteiger partial charge < -0.3 is 18.9 Å². The Morgan fingerprint density at radius 3 is 2.15 bits per heavy atom. The summed E-state index contributed by atoms with van der Waals surface area (Å²) in [6, 6.07) is 3.44.